The van der Waals surface area contributed by atoms with E-state index in [0.717, 1.165) is 18.8 Å². The first-order valence-electron chi connectivity index (χ1n) is 5.34. The molecule has 2 rings (SSSR count). The summed E-state index contributed by atoms with van der Waals surface area (Å²) in [4.78, 5) is 8.14. The molecule has 0 aliphatic heterocycles. The molecule has 0 aliphatic carbocycles. The summed E-state index contributed by atoms with van der Waals surface area (Å²) in [5.74, 6) is 1.34. The van der Waals surface area contributed by atoms with Gasteiger partial charge in [0.25, 0.3) is 0 Å². The zero-order chi connectivity index (χ0) is 11.4. The topological polar surface area (TPSA) is 79.6 Å². The Labute approximate surface area is 93.4 Å². The molecule has 6 nitrogen and oxygen atoms in total. The minimum absolute atomic E-state index is 0.447. The van der Waals surface area contributed by atoms with Gasteiger partial charge in [-0.25, -0.2) is 9.97 Å². The summed E-state index contributed by atoms with van der Waals surface area (Å²) in [6.45, 7) is 3.02. The monoisotopic (exact) mass is 221 g/mol. The lowest BCUT2D eigenvalue weighted by Crippen LogP contribution is -2.10. The number of H-pyrrole nitrogens is 1. The van der Waals surface area contributed by atoms with Gasteiger partial charge in [-0.3, -0.25) is 5.10 Å². The van der Waals surface area contributed by atoms with Gasteiger partial charge in [-0.2, -0.15) is 5.10 Å². The van der Waals surface area contributed by atoms with Crippen LogP contribution in [-0.4, -0.2) is 29.8 Å². The number of aromatic amines is 1. The van der Waals surface area contributed by atoms with Gasteiger partial charge in [-0.05, 0) is 6.42 Å². The van der Waals surface area contributed by atoms with Gasteiger partial charge in [0.2, 0.25) is 0 Å². The second kappa shape index (κ2) is 4.89. The third-order valence-electron chi connectivity index (χ3n) is 2.39. The summed E-state index contributed by atoms with van der Waals surface area (Å²) in [6.07, 6.45) is 5.87. The molecule has 1 unspecified atom stereocenters. The van der Waals surface area contributed by atoms with Crippen LogP contribution in [0.25, 0.3) is 0 Å². The maximum Gasteiger partial charge on any atom is 0.153 e. The summed E-state index contributed by atoms with van der Waals surface area (Å²) in [6, 6.07) is 0. The number of hydrogen-bond donors (Lipinski definition) is 2. The average molecular weight is 221 g/mol. The number of imidazole rings is 1. The van der Waals surface area contributed by atoms with E-state index in [1.165, 1.54) is 6.33 Å². The van der Waals surface area contributed by atoms with Crippen molar-refractivity contribution in [3.05, 3.63) is 30.4 Å². The standard InChI is InChI=1S/C10H15N5O/c1-2-4-15-5-3-11-9(15)6-8(16)10-12-7-13-14-10/h3,5,7-8,16H,2,4,6H2,1H3,(H,12,13,14). The Morgan fingerprint density at radius 3 is 3.06 bits per heavy atom. The van der Waals surface area contributed by atoms with Crippen molar-refractivity contribution in [2.45, 2.75) is 32.4 Å². The second-order valence-corrected chi connectivity index (χ2v) is 3.63. The fourth-order valence-electron chi connectivity index (χ4n) is 1.62. The van der Waals surface area contributed by atoms with Crippen LogP contribution in [0.4, 0.5) is 0 Å². The molecule has 2 heterocycles. The summed E-state index contributed by atoms with van der Waals surface area (Å²) < 4.78 is 2.04. The van der Waals surface area contributed by atoms with Gasteiger partial charge in [0.1, 0.15) is 18.3 Å². The van der Waals surface area contributed by atoms with Gasteiger partial charge in [0.05, 0.1) is 0 Å². The Hall–Kier alpha value is -1.69. The maximum atomic E-state index is 9.89. The lowest BCUT2D eigenvalue weighted by atomic mass is 10.2. The Kier molecular flexibility index (Phi) is 3.31. The molecule has 86 valence electrons. The van der Waals surface area contributed by atoms with Crippen molar-refractivity contribution in [2.75, 3.05) is 0 Å². The largest absolute Gasteiger partial charge is 0.385 e. The summed E-state index contributed by atoms with van der Waals surface area (Å²) in [7, 11) is 0. The summed E-state index contributed by atoms with van der Waals surface area (Å²) >= 11 is 0. The lowest BCUT2D eigenvalue weighted by molar-refractivity contribution is 0.165. The van der Waals surface area contributed by atoms with Crippen LogP contribution in [0.2, 0.25) is 0 Å². The van der Waals surface area contributed by atoms with Crippen LogP contribution in [-0.2, 0) is 13.0 Å². The third-order valence-corrected chi connectivity index (χ3v) is 2.39. The lowest BCUT2D eigenvalue weighted by Gasteiger charge is -2.09. The average Bonchev–Trinajstić information content (AvgIpc) is 2.90. The zero-order valence-corrected chi connectivity index (χ0v) is 9.17. The van der Waals surface area contributed by atoms with Crippen LogP contribution in [0.15, 0.2) is 18.7 Å². The van der Waals surface area contributed by atoms with E-state index in [1.807, 2.05) is 10.8 Å². The molecule has 2 N–H and O–H groups in total. The van der Waals surface area contributed by atoms with E-state index in [0.29, 0.717) is 12.2 Å². The molecular formula is C10H15N5O. The number of hydrogen-bond acceptors (Lipinski definition) is 4. The van der Waals surface area contributed by atoms with E-state index in [-0.39, 0.29) is 0 Å². The quantitative estimate of drug-likeness (QED) is 0.778. The van der Waals surface area contributed by atoms with Gasteiger partial charge < -0.3 is 9.67 Å². The third kappa shape index (κ3) is 2.27. The van der Waals surface area contributed by atoms with Crippen molar-refractivity contribution in [3.8, 4) is 0 Å². The fraction of sp³-hybridized carbons (Fsp3) is 0.500. The van der Waals surface area contributed by atoms with Crippen molar-refractivity contribution >= 4 is 0 Å². The molecule has 2 aromatic rings. The molecule has 0 fully saturated rings. The number of rotatable bonds is 5. The smallest absolute Gasteiger partial charge is 0.153 e. The van der Waals surface area contributed by atoms with E-state index in [4.69, 9.17) is 0 Å². The molecular weight excluding hydrogens is 206 g/mol. The van der Waals surface area contributed by atoms with Crippen molar-refractivity contribution in [2.24, 2.45) is 0 Å². The van der Waals surface area contributed by atoms with E-state index in [1.54, 1.807) is 6.20 Å². The molecule has 0 radical (unpaired) electrons. The van der Waals surface area contributed by atoms with E-state index >= 15 is 0 Å². The Morgan fingerprint density at radius 2 is 2.38 bits per heavy atom. The van der Waals surface area contributed by atoms with E-state index < -0.39 is 6.10 Å². The number of nitrogens with zero attached hydrogens (tertiary/aromatic N) is 4. The van der Waals surface area contributed by atoms with Gasteiger partial charge in [0.15, 0.2) is 5.82 Å². The van der Waals surface area contributed by atoms with Gasteiger partial charge >= 0.3 is 0 Å². The SMILES string of the molecule is CCCn1ccnc1CC(O)c1ncn[nH]1. The summed E-state index contributed by atoms with van der Waals surface area (Å²) in [5, 5.41) is 16.2. The Morgan fingerprint density at radius 1 is 1.50 bits per heavy atom. The Bertz CT molecular complexity index is 422. The highest BCUT2D eigenvalue weighted by Crippen LogP contribution is 2.13. The molecule has 16 heavy (non-hydrogen) atoms. The van der Waals surface area contributed by atoms with Crippen LogP contribution in [0.3, 0.4) is 0 Å². The zero-order valence-electron chi connectivity index (χ0n) is 9.17. The molecule has 0 aromatic carbocycles. The number of aryl methyl sites for hydroxylation is 1. The van der Waals surface area contributed by atoms with Crippen molar-refractivity contribution < 1.29 is 5.11 Å². The van der Waals surface area contributed by atoms with Gasteiger partial charge in [-0.15, -0.1) is 0 Å². The van der Waals surface area contributed by atoms with Crippen LogP contribution in [0.1, 0.15) is 31.1 Å². The normalized spacial score (nSPS) is 12.9. The highest BCUT2D eigenvalue weighted by molar-refractivity contribution is 4.98. The highest BCUT2D eigenvalue weighted by Gasteiger charge is 2.14. The minimum Gasteiger partial charge on any atom is -0.385 e. The van der Waals surface area contributed by atoms with E-state index in [9.17, 15) is 5.11 Å². The molecule has 0 saturated heterocycles. The first kappa shape index (κ1) is 10.8. The Balaban J connectivity index is 2.06. The first-order valence-corrected chi connectivity index (χ1v) is 5.34. The molecule has 0 aliphatic rings. The minimum atomic E-state index is -0.680. The molecule has 0 spiro atoms. The maximum absolute atomic E-state index is 9.89. The second-order valence-electron chi connectivity index (χ2n) is 3.63. The molecule has 6 heteroatoms. The van der Waals surface area contributed by atoms with Crippen LogP contribution >= 0.6 is 0 Å². The summed E-state index contributed by atoms with van der Waals surface area (Å²) in [5.41, 5.74) is 0. The number of nitrogens with one attached hydrogen (secondary N) is 1. The van der Waals surface area contributed by atoms with E-state index in [2.05, 4.69) is 27.1 Å². The number of aliphatic hydroxyl groups is 1. The number of aliphatic hydroxyl groups excluding tert-OH is 1. The van der Waals surface area contributed by atoms with Crippen molar-refractivity contribution in [1.29, 1.82) is 0 Å². The van der Waals surface area contributed by atoms with Gasteiger partial charge in [-0.1, -0.05) is 6.92 Å². The molecule has 0 amide bonds. The van der Waals surface area contributed by atoms with Crippen LogP contribution < -0.4 is 0 Å². The van der Waals surface area contributed by atoms with Crippen LogP contribution in [0.5, 0.6) is 0 Å². The predicted molar refractivity (Wildman–Crippen MR) is 57.6 cm³/mol. The highest BCUT2D eigenvalue weighted by atomic mass is 16.3. The van der Waals surface area contributed by atoms with Crippen molar-refractivity contribution in [1.82, 2.24) is 24.7 Å². The predicted octanol–water partition coefficient (Wildman–Crippen LogP) is 0.687. The number of aromatic nitrogens is 5. The molecule has 1 atom stereocenters. The van der Waals surface area contributed by atoms with Crippen LogP contribution in [0, 0.1) is 0 Å². The molecule has 2 aromatic heterocycles. The fourth-order valence-corrected chi connectivity index (χ4v) is 1.62. The molecule has 0 bridgehead atoms. The molecule has 0 saturated carbocycles. The van der Waals surface area contributed by atoms with Gasteiger partial charge in [0, 0.05) is 25.4 Å². The first-order chi connectivity index (χ1) is 7.81. The van der Waals surface area contributed by atoms with Crippen molar-refractivity contribution in [3.63, 3.8) is 0 Å².